The van der Waals surface area contributed by atoms with E-state index in [2.05, 4.69) is 38.5 Å². The maximum Gasteiger partial charge on any atom is 0.239 e. The van der Waals surface area contributed by atoms with Gasteiger partial charge in [0.05, 0.1) is 6.54 Å². The maximum atomic E-state index is 12.5. The molecule has 2 saturated heterocycles. The number of amides is 1. The molecule has 5 rings (SSSR count). The molecule has 2 bridgehead atoms. The first-order valence-electron chi connectivity index (χ1n) is 9.86. The first-order chi connectivity index (χ1) is 13.2. The highest BCUT2D eigenvalue weighted by Gasteiger charge is 2.39. The third-order valence-corrected chi connectivity index (χ3v) is 6.28. The van der Waals surface area contributed by atoms with Crippen LogP contribution < -0.4 is 5.32 Å². The Balaban J connectivity index is 1.31. The molecule has 0 radical (unpaired) electrons. The van der Waals surface area contributed by atoms with Gasteiger partial charge < -0.3 is 5.32 Å². The van der Waals surface area contributed by atoms with Crippen LogP contribution in [-0.2, 0) is 4.79 Å². The molecular formula is C21H25N5O. The van der Waals surface area contributed by atoms with Crippen molar-refractivity contribution < 1.29 is 4.79 Å². The number of pyridine rings is 1. The molecule has 27 heavy (non-hydrogen) atoms. The Hall–Kier alpha value is -2.47. The van der Waals surface area contributed by atoms with Crippen LogP contribution in [0.2, 0.25) is 0 Å². The predicted molar refractivity (Wildman–Crippen MR) is 107 cm³/mol. The minimum absolute atomic E-state index is 0.0429. The zero-order valence-corrected chi connectivity index (χ0v) is 15.6. The molecule has 2 fully saturated rings. The molecule has 1 aromatic heterocycles. The fourth-order valence-electron chi connectivity index (χ4n) is 4.85. The summed E-state index contributed by atoms with van der Waals surface area (Å²) in [6.07, 6.45) is 8.81. The van der Waals surface area contributed by atoms with E-state index < -0.39 is 0 Å². The Morgan fingerprint density at radius 1 is 1.15 bits per heavy atom. The van der Waals surface area contributed by atoms with Crippen molar-refractivity contribution in [2.45, 2.75) is 43.7 Å². The number of aromatic nitrogens is 1. The van der Waals surface area contributed by atoms with E-state index in [0.29, 0.717) is 30.4 Å². The van der Waals surface area contributed by atoms with Crippen LogP contribution in [0.4, 0.5) is 5.82 Å². The summed E-state index contributed by atoms with van der Waals surface area (Å²) in [4.78, 5) is 19.3. The van der Waals surface area contributed by atoms with Crippen LogP contribution in [0, 0.1) is 0 Å². The average Bonchev–Trinajstić information content (AvgIpc) is 3.37. The second kappa shape index (κ2) is 6.60. The number of hydrogen-bond donors (Lipinski definition) is 1. The van der Waals surface area contributed by atoms with Crippen molar-refractivity contribution in [1.82, 2.24) is 14.9 Å². The van der Waals surface area contributed by atoms with Crippen LogP contribution in [0.25, 0.3) is 10.8 Å². The summed E-state index contributed by atoms with van der Waals surface area (Å²) in [6, 6.07) is 9.62. The largest absolute Gasteiger partial charge is 0.310 e. The molecule has 3 aliphatic rings. The number of carbonyl (C=O) groups is 1. The summed E-state index contributed by atoms with van der Waals surface area (Å²) in [5.41, 5.74) is 1.24. The minimum Gasteiger partial charge on any atom is -0.310 e. The molecule has 6 nitrogen and oxygen atoms in total. The number of likely N-dealkylation sites (N-methyl/N-ethyl adjacent to an activating group) is 1. The maximum absolute atomic E-state index is 12.5. The fourth-order valence-corrected chi connectivity index (χ4v) is 4.85. The zero-order valence-electron chi connectivity index (χ0n) is 15.6. The predicted octanol–water partition coefficient (Wildman–Crippen LogP) is 2.81. The molecule has 0 saturated carbocycles. The number of rotatable bonds is 4. The van der Waals surface area contributed by atoms with Crippen LogP contribution >= 0.6 is 0 Å². The smallest absolute Gasteiger partial charge is 0.239 e. The molecule has 6 heteroatoms. The average molecular weight is 363 g/mol. The summed E-state index contributed by atoms with van der Waals surface area (Å²) < 4.78 is 0. The van der Waals surface area contributed by atoms with Gasteiger partial charge in [-0.1, -0.05) is 18.2 Å². The quantitative estimate of drug-likeness (QED) is 0.907. The molecule has 0 aliphatic carbocycles. The normalized spacial score (nSPS) is 27.0. The van der Waals surface area contributed by atoms with Gasteiger partial charge in [0.25, 0.3) is 0 Å². The fraction of sp³-hybridized carbons (Fsp3) is 0.476. The van der Waals surface area contributed by atoms with Gasteiger partial charge in [0.2, 0.25) is 5.91 Å². The van der Waals surface area contributed by atoms with Crippen molar-refractivity contribution in [1.29, 1.82) is 0 Å². The topological polar surface area (TPSA) is 60.8 Å². The van der Waals surface area contributed by atoms with Gasteiger partial charge >= 0.3 is 0 Å². The summed E-state index contributed by atoms with van der Waals surface area (Å²) >= 11 is 0. The van der Waals surface area contributed by atoms with Gasteiger partial charge in [0.1, 0.15) is 5.82 Å². The second-order valence-electron chi connectivity index (χ2n) is 8.07. The zero-order chi connectivity index (χ0) is 18.4. The molecule has 140 valence electrons. The number of fused-ring (bicyclic) bond motifs is 3. The lowest BCUT2D eigenvalue weighted by Crippen LogP contribution is -2.36. The Kier molecular flexibility index (Phi) is 4.08. The molecule has 1 unspecified atom stereocenters. The van der Waals surface area contributed by atoms with E-state index in [1.165, 1.54) is 31.2 Å². The van der Waals surface area contributed by atoms with Crippen molar-refractivity contribution in [2.24, 2.45) is 5.10 Å². The third kappa shape index (κ3) is 3.18. The standard InChI is InChI=1S/C21H25N5O/c1-25-12-17(11-23-25)14-2-3-15-10-22-20(9-16(15)8-14)24-21(27)13-26-18-4-5-19(26)7-6-18/h2-3,8-11,17-19H,4-7,12-13H2,1H3,(H,22,24,27). The van der Waals surface area contributed by atoms with E-state index in [-0.39, 0.29) is 5.91 Å². The molecule has 4 heterocycles. The summed E-state index contributed by atoms with van der Waals surface area (Å²) in [7, 11) is 1.99. The van der Waals surface area contributed by atoms with Crippen LogP contribution in [0.3, 0.4) is 0 Å². The minimum atomic E-state index is 0.0429. The van der Waals surface area contributed by atoms with Gasteiger partial charge in [-0.15, -0.1) is 0 Å². The van der Waals surface area contributed by atoms with Crippen molar-refractivity contribution in [2.75, 3.05) is 25.5 Å². The van der Waals surface area contributed by atoms with E-state index in [9.17, 15) is 4.79 Å². The number of carbonyl (C=O) groups excluding carboxylic acids is 1. The Morgan fingerprint density at radius 2 is 1.93 bits per heavy atom. The second-order valence-corrected chi connectivity index (χ2v) is 8.07. The Bertz CT molecular complexity index is 891. The first kappa shape index (κ1) is 16.7. The molecule has 1 aromatic carbocycles. The molecule has 0 spiro atoms. The SMILES string of the molecule is CN1CC(c2ccc3cnc(NC(=O)CN4C5CCC4CC5)cc3c2)C=N1. The summed E-state index contributed by atoms with van der Waals surface area (Å²) in [6.45, 7) is 1.39. The van der Waals surface area contributed by atoms with Gasteiger partial charge in [0, 0.05) is 49.4 Å². The van der Waals surface area contributed by atoms with E-state index in [4.69, 9.17) is 0 Å². The molecule has 1 atom stereocenters. The highest BCUT2D eigenvalue weighted by atomic mass is 16.2. The molecule has 3 aliphatic heterocycles. The number of anilines is 1. The first-order valence-corrected chi connectivity index (χ1v) is 9.86. The monoisotopic (exact) mass is 363 g/mol. The number of hydrazone groups is 1. The van der Waals surface area contributed by atoms with Crippen molar-refractivity contribution in [3.8, 4) is 0 Å². The highest BCUT2D eigenvalue weighted by Crippen LogP contribution is 2.37. The van der Waals surface area contributed by atoms with Crippen molar-refractivity contribution in [3.63, 3.8) is 0 Å². The van der Waals surface area contributed by atoms with Gasteiger partial charge in [-0.3, -0.25) is 14.7 Å². The van der Waals surface area contributed by atoms with Crippen LogP contribution in [0.1, 0.15) is 37.2 Å². The lowest BCUT2D eigenvalue weighted by molar-refractivity contribution is -0.117. The molecule has 1 amide bonds. The van der Waals surface area contributed by atoms with Gasteiger partial charge in [-0.25, -0.2) is 4.98 Å². The number of nitrogens with one attached hydrogen (secondary N) is 1. The number of nitrogens with zero attached hydrogens (tertiary/aromatic N) is 4. The van der Waals surface area contributed by atoms with Gasteiger partial charge in [-0.2, -0.15) is 5.10 Å². The molecule has 2 aromatic rings. The molecular weight excluding hydrogens is 338 g/mol. The number of benzene rings is 1. The lowest BCUT2D eigenvalue weighted by atomic mass is 9.98. The van der Waals surface area contributed by atoms with E-state index in [1.54, 1.807) is 0 Å². The van der Waals surface area contributed by atoms with Crippen LogP contribution in [-0.4, -0.2) is 59.2 Å². The lowest BCUT2D eigenvalue weighted by Gasteiger charge is -2.20. The Morgan fingerprint density at radius 3 is 2.63 bits per heavy atom. The van der Waals surface area contributed by atoms with E-state index >= 15 is 0 Å². The molecule has 1 N–H and O–H groups in total. The highest BCUT2D eigenvalue weighted by molar-refractivity contribution is 5.94. The number of hydrogen-bond acceptors (Lipinski definition) is 5. The van der Waals surface area contributed by atoms with E-state index in [1.807, 2.05) is 30.5 Å². The van der Waals surface area contributed by atoms with Gasteiger partial charge in [-0.05, 0) is 42.7 Å². The third-order valence-electron chi connectivity index (χ3n) is 6.28. The van der Waals surface area contributed by atoms with E-state index in [0.717, 1.165) is 17.3 Å². The van der Waals surface area contributed by atoms with Crippen LogP contribution in [0.15, 0.2) is 35.6 Å². The Labute approximate surface area is 159 Å². The van der Waals surface area contributed by atoms with Crippen molar-refractivity contribution in [3.05, 3.63) is 36.0 Å². The van der Waals surface area contributed by atoms with Gasteiger partial charge in [0.15, 0.2) is 0 Å². The van der Waals surface area contributed by atoms with Crippen LogP contribution in [0.5, 0.6) is 0 Å². The summed E-state index contributed by atoms with van der Waals surface area (Å²) in [5.74, 6) is 0.992. The summed E-state index contributed by atoms with van der Waals surface area (Å²) in [5, 5.41) is 11.5. The van der Waals surface area contributed by atoms with Crippen molar-refractivity contribution >= 4 is 28.7 Å².